The molecule has 1 N–H and O–H groups in total. The van der Waals surface area contributed by atoms with Gasteiger partial charge in [-0.15, -0.1) is 0 Å². The van der Waals surface area contributed by atoms with Gasteiger partial charge in [0.15, 0.2) is 6.23 Å². The summed E-state index contributed by atoms with van der Waals surface area (Å²) in [6.07, 6.45) is 0.143. The molecule has 0 amide bonds. The molecule has 3 rings (SSSR count). The fraction of sp³-hybridized carbons (Fsp3) is 0.267. The number of hydrogen-bond acceptors (Lipinski definition) is 5. The molecule has 2 aromatic rings. The second-order valence-electron chi connectivity index (χ2n) is 5.22. The van der Waals surface area contributed by atoms with E-state index in [0.29, 0.717) is 11.3 Å². The maximum atomic E-state index is 12.9. The molecule has 2 atom stereocenters. The van der Waals surface area contributed by atoms with E-state index in [9.17, 15) is 13.5 Å². The SMILES string of the molecule is COc1cnc2c(c1)[C@H](Br)[C@@H](O)N2S(=O)(=O)c1ccc(C)cc1. The highest BCUT2D eigenvalue weighted by molar-refractivity contribution is 9.09. The van der Waals surface area contributed by atoms with Crippen molar-refractivity contribution in [2.75, 3.05) is 11.4 Å². The number of aryl methyl sites for hydroxylation is 1. The van der Waals surface area contributed by atoms with Gasteiger partial charge in [-0.05, 0) is 25.1 Å². The molecular formula is C15H15BrN2O4S. The van der Waals surface area contributed by atoms with Gasteiger partial charge in [-0.25, -0.2) is 17.7 Å². The highest BCUT2D eigenvalue weighted by Crippen LogP contribution is 2.45. The molecule has 0 bridgehead atoms. The molecule has 8 heteroatoms. The van der Waals surface area contributed by atoms with Gasteiger partial charge >= 0.3 is 0 Å². The molecule has 2 heterocycles. The first kappa shape index (κ1) is 16.2. The number of aliphatic hydroxyl groups excluding tert-OH is 1. The normalized spacial score (nSPS) is 20.4. The van der Waals surface area contributed by atoms with E-state index in [1.807, 2.05) is 6.92 Å². The second kappa shape index (κ2) is 5.77. The average molecular weight is 399 g/mol. The maximum absolute atomic E-state index is 12.9. The highest BCUT2D eigenvalue weighted by Gasteiger charge is 2.44. The van der Waals surface area contributed by atoms with E-state index >= 15 is 0 Å². The van der Waals surface area contributed by atoms with Crippen molar-refractivity contribution in [1.29, 1.82) is 0 Å². The lowest BCUT2D eigenvalue weighted by molar-refractivity contribution is 0.194. The second-order valence-corrected chi connectivity index (χ2v) is 8.02. The summed E-state index contributed by atoms with van der Waals surface area (Å²) in [5.41, 5.74) is 1.51. The molecule has 0 spiro atoms. The average Bonchev–Trinajstić information content (AvgIpc) is 2.79. The zero-order valence-corrected chi connectivity index (χ0v) is 14.9. The molecule has 6 nitrogen and oxygen atoms in total. The summed E-state index contributed by atoms with van der Waals surface area (Å²) in [4.78, 5) is 3.67. The predicted octanol–water partition coefficient (Wildman–Crippen LogP) is 2.36. The van der Waals surface area contributed by atoms with Crippen LogP contribution in [0.15, 0.2) is 41.4 Å². The molecule has 23 heavy (non-hydrogen) atoms. The van der Waals surface area contributed by atoms with Crippen LogP contribution >= 0.6 is 15.9 Å². The quantitative estimate of drug-likeness (QED) is 0.802. The first-order valence-electron chi connectivity index (χ1n) is 6.83. The van der Waals surface area contributed by atoms with Crippen LogP contribution in [0.25, 0.3) is 0 Å². The van der Waals surface area contributed by atoms with E-state index in [4.69, 9.17) is 4.74 Å². The molecule has 0 saturated heterocycles. The van der Waals surface area contributed by atoms with Crippen LogP contribution in [0.3, 0.4) is 0 Å². The van der Waals surface area contributed by atoms with Gasteiger partial charge in [0.2, 0.25) is 0 Å². The summed E-state index contributed by atoms with van der Waals surface area (Å²) < 4.78 is 31.8. The van der Waals surface area contributed by atoms with E-state index in [-0.39, 0.29) is 10.7 Å². The smallest absolute Gasteiger partial charge is 0.267 e. The number of aliphatic hydroxyl groups is 1. The molecule has 122 valence electrons. The maximum Gasteiger partial charge on any atom is 0.267 e. The van der Waals surface area contributed by atoms with Gasteiger partial charge in [0.1, 0.15) is 11.6 Å². The van der Waals surface area contributed by atoms with Crippen LogP contribution in [0, 0.1) is 6.92 Å². The predicted molar refractivity (Wildman–Crippen MR) is 89.3 cm³/mol. The minimum atomic E-state index is -3.92. The van der Waals surface area contributed by atoms with Gasteiger partial charge in [-0.3, -0.25) is 0 Å². The van der Waals surface area contributed by atoms with Gasteiger partial charge in [0.25, 0.3) is 10.0 Å². The summed E-state index contributed by atoms with van der Waals surface area (Å²) in [7, 11) is -2.42. The number of halogens is 1. The monoisotopic (exact) mass is 398 g/mol. The van der Waals surface area contributed by atoms with Gasteiger partial charge < -0.3 is 9.84 Å². The number of alkyl halides is 1. The number of benzene rings is 1. The van der Waals surface area contributed by atoms with Crippen LogP contribution < -0.4 is 9.04 Å². The number of aromatic nitrogens is 1. The van der Waals surface area contributed by atoms with Crippen LogP contribution in [0.1, 0.15) is 16.0 Å². The molecule has 1 aromatic heterocycles. The Bertz CT molecular complexity index is 839. The number of nitrogens with zero attached hydrogens (tertiary/aromatic N) is 2. The van der Waals surface area contributed by atoms with E-state index in [2.05, 4.69) is 20.9 Å². The molecule has 0 fully saturated rings. The summed E-state index contributed by atoms with van der Waals surface area (Å²) in [6.45, 7) is 1.87. The third kappa shape index (κ3) is 2.60. The molecule has 1 aromatic carbocycles. The fourth-order valence-corrected chi connectivity index (χ4v) is 4.66. The van der Waals surface area contributed by atoms with E-state index < -0.39 is 21.1 Å². The Morgan fingerprint density at radius 2 is 1.96 bits per heavy atom. The van der Waals surface area contributed by atoms with Crippen LogP contribution in [-0.2, 0) is 10.0 Å². The minimum absolute atomic E-state index is 0.104. The molecule has 0 unspecified atom stereocenters. The van der Waals surface area contributed by atoms with Crippen molar-refractivity contribution in [2.24, 2.45) is 0 Å². The molecule has 0 saturated carbocycles. The Morgan fingerprint density at radius 1 is 1.30 bits per heavy atom. The zero-order valence-electron chi connectivity index (χ0n) is 12.5. The number of fused-ring (bicyclic) bond motifs is 1. The zero-order chi connectivity index (χ0) is 16.8. The molecular weight excluding hydrogens is 384 g/mol. The number of pyridine rings is 1. The standard InChI is InChI=1S/C15H15BrN2O4S/c1-9-3-5-11(6-4-9)23(20,21)18-14-12(13(16)15(18)19)7-10(22-2)8-17-14/h3-8,13,15,19H,1-2H3/t13-,15+/m0/s1. The number of ether oxygens (including phenoxy) is 1. The van der Waals surface area contributed by atoms with Crippen molar-refractivity contribution in [3.8, 4) is 5.75 Å². The van der Waals surface area contributed by atoms with Crippen LogP contribution in [-0.4, -0.2) is 31.8 Å². The Balaban J connectivity index is 2.12. The molecule has 0 radical (unpaired) electrons. The van der Waals surface area contributed by atoms with Gasteiger partial charge in [-0.1, -0.05) is 33.6 Å². The lowest BCUT2D eigenvalue weighted by Gasteiger charge is -2.23. The van der Waals surface area contributed by atoms with Crippen molar-refractivity contribution < 1.29 is 18.3 Å². The van der Waals surface area contributed by atoms with E-state index in [1.54, 1.807) is 18.2 Å². The Hall–Kier alpha value is -1.64. The van der Waals surface area contributed by atoms with Crippen molar-refractivity contribution in [1.82, 2.24) is 4.98 Å². The number of rotatable bonds is 3. The van der Waals surface area contributed by atoms with E-state index in [1.165, 1.54) is 25.4 Å². The topological polar surface area (TPSA) is 79.7 Å². The van der Waals surface area contributed by atoms with E-state index in [0.717, 1.165) is 9.87 Å². The largest absolute Gasteiger partial charge is 0.495 e. The Labute approximate surface area is 142 Å². The summed E-state index contributed by atoms with van der Waals surface area (Å²) >= 11 is 3.33. The van der Waals surface area contributed by atoms with Crippen molar-refractivity contribution in [2.45, 2.75) is 22.9 Å². The first-order chi connectivity index (χ1) is 10.9. The summed E-state index contributed by atoms with van der Waals surface area (Å²) in [5, 5.41) is 10.4. The van der Waals surface area contributed by atoms with Gasteiger partial charge in [-0.2, -0.15) is 0 Å². The first-order valence-corrected chi connectivity index (χ1v) is 9.19. The van der Waals surface area contributed by atoms with Crippen LogP contribution in [0.2, 0.25) is 0 Å². The summed E-state index contributed by atoms with van der Waals surface area (Å²) in [5.74, 6) is 0.690. The van der Waals surface area contributed by atoms with Crippen LogP contribution in [0.5, 0.6) is 5.75 Å². The third-order valence-corrected chi connectivity index (χ3v) is 6.43. The number of sulfonamides is 1. The highest BCUT2D eigenvalue weighted by atomic mass is 79.9. The van der Waals surface area contributed by atoms with Crippen molar-refractivity contribution in [3.63, 3.8) is 0 Å². The lowest BCUT2D eigenvalue weighted by Crippen LogP contribution is -2.38. The number of methoxy groups -OCH3 is 1. The molecule has 1 aliphatic rings. The molecule has 0 aliphatic carbocycles. The Kier molecular flexibility index (Phi) is 4.07. The lowest BCUT2D eigenvalue weighted by atomic mass is 10.2. The summed E-state index contributed by atoms with van der Waals surface area (Å²) in [6, 6.07) is 8.12. The van der Waals surface area contributed by atoms with Gasteiger partial charge in [0, 0.05) is 5.56 Å². The molecule has 1 aliphatic heterocycles. The fourth-order valence-electron chi connectivity index (χ4n) is 2.44. The van der Waals surface area contributed by atoms with Crippen molar-refractivity contribution >= 4 is 31.8 Å². The Morgan fingerprint density at radius 3 is 2.57 bits per heavy atom. The third-order valence-electron chi connectivity index (χ3n) is 3.69. The van der Waals surface area contributed by atoms with Crippen molar-refractivity contribution in [3.05, 3.63) is 47.7 Å². The minimum Gasteiger partial charge on any atom is -0.495 e. The van der Waals surface area contributed by atoms with Crippen LogP contribution in [0.4, 0.5) is 5.82 Å². The number of anilines is 1. The number of hydrogen-bond donors (Lipinski definition) is 1. The van der Waals surface area contributed by atoms with Gasteiger partial charge in [0.05, 0.1) is 23.0 Å².